The number of nitrogens with zero attached hydrogens (tertiary/aromatic N) is 4. The van der Waals surface area contributed by atoms with Gasteiger partial charge in [0.25, 0.3) is 0 Å². The van der Waals surface area contributed by atoms with E-state index in [4.69, 9.17) is 30.1 Å². The van der Waals surface area contributed by atoms with Gasteiger partial charge in [-0.3, -0.25) is 14.5 Å². The van der Waals surface area contributed by atoms with Crippen LogP contribution in [-0.4, -0.2) is 74.8 Å². The highest BCUT2D eigenvalue weighted by Crippen LogP contribution is 2.52. The molecule has 5 N–H and O–H groups in total. The summed E-state index contributed by atoms with van der Waals surface area (Å²) in [6.45, 7) is 0.897. The number of aliphatic hydroxyl groups excluding tert-OH is 1. The van der Waals surface area contributed by atoms with Crippen molar-refractivity contribution in [3.63, 3.8) is 0 Å². The standard InChI is InChI=1S/C29H30ClF3N7O10PS/c1-27(18-5-4-6-19(29(31,32)33)17(18)11-47-26(27)42)38-51(44,50-16-9-7-15(30)8-10-16)48-12-20-22(41)28(2,43)25(49-20)40-14-36-21-23(34-13-35-24(21)40)37-39-52(3,45)46/h4-10,13-14,20,22,25,39,41,43H,11-12H2,1-3H3,(H,38,44)(H,34,35,37)/t20?,22-,25?,27?,28-,51?/m1/s1. The van der Waals surface area contributed by atoms with E-state index in [0.29, 0.717) is 0 Å². The minimum Gasteiger partial charge on any atom is -0.459 e. The van der Waals surface area contributed by atoms with Gasteiger partial charge in [0.05, 0.1) is 24.8 Å². The molecule has 4 unspecified atom stereocenters. The summed E-state index contributed by atoms with van der Waals surface area (Å²) in [5.74, 6) is -1.22. The van der Waals surface area contributed by atoms with Gasteiger partial charge in [-0.05, 0) is 49.7 Å². The molecule has 6 atom stereocenters. The molecule has 2 aromatic heterocycles. The maximum absolute atomic E-state index is 14.6. The molecule has 17 nitrogen and oxygen atoms in total. The Morgan fingerprint density at radius 1 is 1.15 bits per heavy atom. The third kappa shape index (κ3) is 7.32. The van der Waals surface area contributed by atoms with Crippen molar-refractivity contribution in [2.75, 3.05) is 18.3 Å². The van der Waals surface area contributed by atoms with Crippen LogP contribution in [-0.2, 0) is 51.7 Å². The summed E-state index contributed by atoms with van der Waals surface area (Å²) in [5, 5.41) is 25.4. The third-order valence-corrected chi connectivity index (χ3v) is 10.7. The number of aromatic nitrogens is 4. The second-order valence-corrected chi connectivity index (χ2v) is 16.1. The molecule has 1 saturated heterocycles. The fourth-order valence-corrected chi connectivity index (χ4v) is 7.84. The van der Waals surface area contributed by atoms with Crippen LogP contribution in [0.5, 0.6) is 5.75 Å². The zero-order valence-corrected chi connectivity index (χ0v) is 29.6. The summed E-state index contributed by atoms with van der Waals surface area (Å²) in [7, 11) is -8.55. The predicted molar refractivity (Wildman–Crippen MR) is 175 cm³/mol. The Bertz CT molecular complexity index is 2180. The largest absolute Gasteiger partial charge is 0.460 e. The van der Waals surface area contributed by atoms with Crippen LogP contribution in [0.2, 0.25) is 5.02 Å². The molecule has 52 heavy (non-hydrogen) atoms. The van der Waals surface area contributed by atoms with Crippen molar-refractivity contribution in [2.24, 2.45) is 0 Å². The molecule has 1 fully saturated rings. The zero-order chi connectivity index (χ0) is 37.9. The Hall–Kier alpha value is -3.92. The monoisotopic (exact) mass is 791 g/mol. The van der Waals surface area contributed by atoms with E-state index in [9.17, 15) is 41.2 Å². The number of imidazole rings is 1. The number of sulfonamides is 1. The average molecular weight is 792 g/mol. The number of nitrogens with one attached hydrogen (secondary N) is 3. The average Bonchev–Trinajstić information content (AvgIpc) is 3.58. The van der Waals surface area contributed by atoms with Gasteiger partial charge in [0.2, 0.25) is 10.0 Å². The molecule has 0 amide bonds. The number of ether oxygens (including phenoxy) is 2. The van der Waals surface area contributed by atoms with Crippen LogP contribution in [0.25, 0.3) is 11.2 Å². The second kappa shape index (κ2) is 13.5. The molecule has 0 bridgehead atoms. The number of benzene rings is 2. The molecule has 23 heteroatoms. The highest BCUT2D eigenvalue weighted by molar-refractivity contribution is 7.88. The number of fused-ring (bicyclic) bond motifs is 2. The first kappa shape index (κ1) is 37.8. The van der Waals surface area contributed by atoms with Crippen molar-refractivity contribution in [3.8, 4) is 5.75 Å². The van der Waals surface area contributed by atoms with Crippen molar-refractivity contribution < 1.29 is 59.7 Å². The maximum Gasteiger partial charge on any atom is 0.460 e. The highest BCUT2D eigenvalue weighted by atomic mass is 35.5. The van der Waals surface area contributed by atoms with Gasteiger partial charge in [-0.2, -0.15) is 18.3 Å². The molecule has 6 rings (SSSR count). The van der Waals surface area contributed by atoms with E-state index in [1.54, 1.807) is 0 Å². The summed E-state index contributed by atoms with van der Waals surface area (Å²) in [4.78, 5) is 27.6. The summed E-state index contributed by atoms with van der Waals surface area (Å²) in [5.41, 5.74) is -3.45. The molecule has 4 aromatic rings. The molecule has 0 saturated carbocycles. The highest BCUT2D eigenvalue weighted by Gasteiger charge is 2.55. The Kier molecular flexibility index (Phi) is 9.81. The minimum absolute atomic E-state index is 0.0442. The molecule has 2 aliphatic heterocycles. The predicted octanol–water partition coefficient (Wildman–Crippen LogP) is 3.15. The van der Waals surface area contributed by atoms with Crippen molar-refractivity contribution in [3.05, 3.63) is 76.8 Å². The van der Waals surface area contributed by atoms with Crippen molar-refractivity contribution in [1.29, 1.82) is 0 Å². The van der Waals surface area contributed by atoms with E-state index < -0.39 is 78.3 Å². The van der Waals surface area contributed by atoms with Crippen molar-refractivity contribution >= 4 is 52.3 Å². The molecule has 0 spiro atoms. The smallest absolute Gasteiger partial charge is 0.459 e. The number of carbonyl (C=O) groups is 1. The fourth-order valence-electron chi connectivity index (χ4n) is 5.77. The van der Waals surface area contributed by atoms with Crippen LogP contribution in [0.1, 0.15) is 36.8 Å². The number of cyclic esters (lactones) is 1. The number of anilines is 1. The Morgan fingerprint density at radius 3 is 2.54 bits per heavy atom. The number of carbonyl (C=O) groups excluding carboxylic acids is 1. The molecule has 2 aromatic carbocycles. The van der Waals surface area contributed by atoms with Crippen LogP contribution in [0.15, 0.2) is 55.1 Å². The molecular formula is C29H30ClF3N7O10PS. The Morgan fingerprint density at radius 2 is 1.87 bits per heavy atom. The quantitative estimate of drug-likeness (QED) is 0.0836. The molecule has 2 aliphatic rings. The topological polar surface area (TPSA) is 225 Å². The van der Waals surface area contributed by atoms with Gasteiger partial charge in [0, 0.05) is 10.6 Å². The first-order chi connectivity index (χ1) is 24.2. The van der Waals surface area contributed by atoms with Gasteiger partial charge in [0.1, 0.15) is 42.0 Å². The fraction of sp³-hybridized carbons (Fsp3) is 0.379. The number of alkyl halides is 3. The number of hydrazine groups is 1. The van der Waals surface area contributed by atoms with E-state index in [1.807, 2.05) is 0 Å². The van der Waals surface area contributed by atoms with Crippen LogP contribution in [0, 0.1) is 0 Å². The number of hydrogen-bond donors (Lipinski definition) is 5. The van der Waals surface area contributed by atoms with Crippen molar-refractivity contribution in [2.45, 2.75) is 56.2 Å². The summed E-state index contributed by atoms with van der Waals surface area (Å²) < 4.78 is 103. The summed E-state index contributed by atoms with van der Waals surface area (Å²) in [6, 6.07) is 8.58. The van der Waals surface area contributed by atoms with Gasteiger partial charge in [-0.25, -0.2) is 32.7 Å². The molecule has 280 valence electrons. The molecular weight excluding hydrogens is 762 g/mol. The van der Waals surface area contributed by atoms with E-state index in [1.165, 1.54) is 48.1 Å². The second-order valence-electron chi connectivity index (χ2n) is 12.2. The van der Waals surface area contributed by atoms with Crippen molar-refractivity contribution in [1.82, 2.24) is 29.4 Å². The van der Waals surface area contributed by atoms with Gasteiger partial charge in [0.15, 0.2) is 23.2 Å². The van der Waals surface area contributed by atoms with Crippen LogP contribution in [0.4, 0.5) is 19.0 Å². The van der Waals surface area contributed by atoms with E-state index in [0.717, 1.165) is 31.6 Å². The van der Waals surface area contributed by atoms with Gasteiger partial charge >= 0.3 is 19.9 Å². The third-order valence-electron chi connectivity index (χ3n) is 8.31. The van der Waals surface area contributed by atoms with Gasteiger partial charge < -0.3 is 24.2 Å². The lowest BCUT2D eigenvalue weighted by Crippen LogP contribution is -2.50. The van der Waals surface area contributed by atoms with E-state index in [-0.39, 0.29) is 38.9 Å². The molecule has 4 heterocycles. The van der Waals surface area contributed by atoms with E-state index in [2.05, 4.69) is 30.3 Å². The Balaban J connectivity index is 1.30. The van der Waals surface area contributed by atoms with Crippen LogP contribution in [0.3, 0.4) is 0 Å². The lowest BCUT2D eigenvalue weighted by molar-refractivity contribution is -0.156. The maximum atomic E-state index is 14.6. The number of esters is 1. The Labute approximate surface area is 298 Å². The van der Waals surface area contributed by atoms with Crippen LogP contribution < -0.4 is 19.9 Å². The van der Waals surface area contributed by atoms with Gasteiger partial charge in [-0.15, -0.1) is 4.83 Å². The zero-order valence-electron chi connectivity index (χ0n) is 27.2. The lowest BCUT2D eigenvalue weighted by atomic mass is 9.85. The molecule has 0 radical (unpaired) electrons. The van der Waals surface area contributed by atoms with E-state index >= 15 is 0 Å². The normalized spacial score (nSPS) is 26.1. The number of aliphatic hydroxyl groups is 2. The number of halogens is 4. The lowest BCUT2D eigenvalue weighted by Gasteiger charge is -2.37. The SMILES string of the molecule is CC1(NP(=O)(OCC2OC(n3cnc4c(NNS(C)(=O)=O)ncnc43)[C@](C)(O)[C@@H]2O)Oc2ccc(Cl)cc2)C(=O)OCc2c(C(F)(F)F)cccc21. The molecule has 0 aliphatic carbocycles. The first-order valence-electron chi connectivity index (χ1n) is 15.0. The minimum atomic E-state index is -4.86. The first-order valence-corrected chi connectivity index (χ1v) is 18.9. The number of hydrogen-bond acceptors (Lipinski definition) is 14. The van der Waals surface area contributed by atoms with Gasteiger partial charge in [-0.1, -0.05) is 23.7 Å². The number of rotatable bonds is 11. The van der Waals surface area contributed by atoms with Crippen LogP contribution >= 0.6 is 19.3 Å². The summed E-state index contributed by atoms with van der Waals surface area (Å²) >= 11 is 5.97. The summed E-state index contributed by atoms with van der Waals surface area (Å²) in [6.07, 6.45) is -6.25.